The highest BCUT2D eigenvalue weighted by Gasteiger charge is 2.18. The van der Waals surface area contributed by atoms with Crippen molar-refractivity contribution >= 4 is 11.9 Å². The second-order valence-electron chi connectivity index (χ2n) is 15.7. The molecule has 0 aromatic carbocycles. The maximum atomic E-state index is 12.4. The number of ether oxygens (including phenoxy) is 1. The largest absolute Gasteiger partial charge is 0.466 e. The third-order valence-electron chi connectivity index (χ3n) is 10.4. The highest BCUT2D eigenvalue weighted by molar-refractivity contribution is 5.76. The Hall–Kier alpha value is -1.92. The van der Waals surface area contributed by atoms with Crippen molar-refractivity contribution in [2.45, 2.75) is 244 Å². The zero-order valence-electron chi connectivity index (χ0n) is 35.7. The summed E-state index contributed by atoms with van der Waals surface area (Å²) in [4.78, 5) is 24.3. The summed E-state index contributed by atoms with van der Waals surface area (Å²) in [6, 6.07) is -0.647. The molecule has 2 unspecified atom stereocenters. The molecule has 6 nitrogen and oxygen atoms in total. The molecule has 0 aliphatic carbocycles. The lowest BCUT2D eigenvalue weighted by Crippen LogP contribution is -2.45. The van der Waals surface area contributed by atoms with Crippen molar-refractivity contribution in [1.82, 2.24) is 5.32 Å². The van der Waals surface area contributed by atoms with E-state index in [-0.39, 0.29) is 18.5 Å². The van der Waals surface area contributed by atoms with E-state index in [9.17, 15) is 19.8 Å². The van der Waals surface area contributed by atoms with Crippen LogP contribution in [0.3, 0.4) is 0 Å². The Bertz CT molecular complexity index is 884. The van der Waals surface area contributed by atoms with Gasteiger partial charge in [-0.05, 0) is 83.5 Å². The molecule has 0 fully saturated rings. The van der Waals surface area contributed by atoms with E-state index < -0.39 is 12.1 Å². The van der Waals surface area contributed by atoms with Crippen LogP contribution in [-0.4, -0.2) is 47.4 Å². The first-order valence-corrected chi connectivity index (χ1v) is 23.3. The van der Waals surface area contributed by atoms with E-state index in [0.29, 0.717) is 19.4 Å². The number of hydrogen-bond donors (Lipinski definition) is 3. The molecule has 0 aliphatic heterocycles. The van der Waals surface area contributed by atoms with E-state index in [2.05, 4.69) is 43.5 Å². The van der Waals surface area contributed by atoms with Gasteiger partial charge in [0.05, 0.1) is 25.4 Å². The molecule has 54 heavy (non-hydrogen) atoms. The van der Waals surface area contributed by atoms with E-state index in [1.807, 2.05) is 6.08 Å². The number of hydrogen-bond acceptors (Lipinski definition) is 5. The van der Waals surface area contributed by atoms with Crippen LogP contribution in [0, 0.1) is 0 Å². The monoisotopic (exact) mass is 760 g/mol. The minimum Gasteiger partial charge on any atom is -0.466 e. The van der Waals surface area contributed by atoms with Crippen LogP contribution in [0.5, 0.6) is 0 Å². The predicted molar refractivity (Wildman–Crippen MR) is 232 cm³/mol. The van der Waals surface area contributed by atoms with Crippen LogP contribution >= 0.6 is 0 Å². The SMILES string of the molecule is CCCCC/C=C\CCCCCCCC(=O)OCCCCCCCC/C=C\CCCCCC(=O)NC(CO)C(O)/C=C/CCCCCCCCCCCC. The predicted octanol–water partition coefficient (Wildman–Crippen LogP) is 13.3. The summed E-state index contributed by atoms with van der Waals surface area (Å²) in [5.41, 5.74) is 0. The standard InChI is InChI=1S/C48H89NO5/c1-3-5-7-9-11-13-15-20-24-28-32-36-40-46(51)45(44-50)49-47(52)41-37-33-29-25-21-18-17-19-23-27-31-35-39-43-54-48(53)42-38-34-30-26-22-16-14-12-10-8-6-4-2/h12,14,18,21,36,40,45-46,50-51H,3-11,13,15-17,19-20,22-35,37-39,41-44H2,1-2H3,(H,49,52)/b14-12-,21-18-,40-36+. The summed E-state index contributed by atoms with van der Waals surface area (Å²) in [7, 11) is 0. The van der Waals surface area contributed by atoms with Gasteiger partial charge >= 0.3 is 5.97 Å². The molecule has 316 valence electrons. The third-order valence-corrected chi connectivity index (χ3v) is 10.4. The molecule has 6 heteroatoms. The van der Waals surface area contributed by atoms with Crippen LogP contribution in [0.15, 0.2) is 36.5 Å². The van der Waals surface area contributed by atoms with Crippen LogP contribution in [0.2, 0.25) is 0 Å². The second-order valence-corrected chi connectivity index (χ2v) is 15.7. The highest BCUT2D eigenvalue weighted by Crippen LogP contribution is 2.13. The van der Waals surface area contributed by atoms with Gasteiger partial charge in [-0.25, -0.2) is 0 Å². The van der Waals surface area contributed by atoms with Crippen LogP contribution in [0.4, 0.5) is 0 Å². The summed E-state index contributed by atoms with van der Waals surface area (Å²) in [6.07, 6.45) is 51.3. The van der Waals surface area contributed by atoms with Gasteiger partial charge in [-0.15, -0.1) is 0 Å². The molecule has 0 saturated carbocycles. The summed E-state index contributed by atoms with van der Waals surface area (Å²) >= 11 is 0. The molecule has 0 aromatic heterocycles. The van der Waals surface area contributed by atoms with E-state index in [0.717, 1.165) is 70.6 Å². The first-order valence-electron chi connectivity index (χ1n) is 23.3. The number of nitrogens with one attached hydrogen (secondary N) is 1. The lowest BCUT2D eigenvalue weighted by molar-refractivity contribution is -0.143. The van der Waals surface area contributed by atoms with Crippen molar-refractivity contribution in [1.29, 1.82) is 0 Å². The summed E-state index contributed by atoms with van der Waals surface area (Å²) in [5.74, 6) is -0.126. The Morgan fingerprint density at radius 2 is 0.870 bits per heavy atom. The molecule has 0 rings (SSSR count). The fourth-order valence-electron chi connectivity index (χ4n) is 6.74. The molecule has 3 N–H and O–H groups in total. The molecular formula is C48H89NO5. The van der Waals surface area contributed by atoms with Crippen molar-refractivity contribution < 1.29 is 24.5 Å². The van der Waals surface area contributed by atoms with Crippen LogP contribution in [0.25, 0.3) is 0 Å². The van der Waals surface area contributed by atoms with Gasteiger partial charge < -0.3 is 20.3 Å². The average Bonchev–Trinajstić information content (AvgIpc) is 3.17. The maximum absolute atomic E-state index is 12.4. The zero-order chi connectivity index (χ0) is 39.4. The molecule has 0 bridgehead atoms. The Balaban J connectivity index is 3.56. The zero-order valence-corrected chi connectivity index (χ0v) is 35.7. The Morgan fingerprint density at radius 1 is 0.500 bits per heavy atom. The van der Waals surface area contributed by atoms with Gasteiger partial charge in [0.1, 0.15) is 0 Å². The molecule has 1 amide bonds. The molecule has 0 aromatic rings. The molecular weight excluding hydrogens is 671 g/mol. The van der Waals surface area contributed by atoms with Gasteiger partial charge in [0.25, 0.3) is 0 Å². The molecule has 0 aliphatic rings. The van der Waals surface area contributed by atoms with E-state index in [4.69, 9.17) is 4.74 Å². The number of rotatable bonds is 42. The van der Waals surface area contributed by atoms with Crippen molar-refractivity contribution in [3.8, 4) is 0 Å². The van der Waals surface area contributed by atoms with Crippen LogP contribution < -0.4 is 5.32 Å². The number of esters is 1. The number of allylic oxidation sites excluding steroid dienone is 5. The quantitative estimate of drug-likeness (QED) is 0.0327. The molecule has 2 atom stereocenters. The fourth-order valence-corrected chi connectivity index (χ4v) is 6.74. The summed E-state index contributed by atoms with van der Waals surface area (Å²) in [5, 5.41) is 22.9. The maximum Gasteiger partial charge on any atom is 0.305 e. The second kappa shape index (κ2) is 43.8. The number of unbranched alkanes of at least 4 members (excludes halogenated alkanes) is 27. The Labute approximate surface area is 334 Å². The van der Waals surface area contributed by atoms with E-state index in [1.54, 1.807) is 6.08 Å². The number of carbonyl (C=O) groups excluding carboxylic acids is 2. The number of carbonyl (C=O) groups is 2. The van der Waals surface area contributed by atoms with E-state index in [1.165, 1.54) is 135 Å². The normalized spacial score (nSPS) is 13.0. The fraction of sp³-hybridized carbons (Fsp3) is 0.833. The third kappa shape index (κ3) is 39.8. The first-order chi connectivity index (χ1) is 26.5. The lowest BCUT2D eigenvalue weighted by Gasteiger charge is -2.19. The smallest absolute Gasteiger partial charge is 0.305 e. The van der Waals surface area contributed by atoms with Gasteiger partial charge in [-0.3, -0.25) is 9.59 Å². The van der Waals surface area contributed by atoms with Gasteiger partial charge in [0, 0.05) is 12.8 Å². The number of aliphatic hydroxyl groups excluding tert-OH is 2. The van der Waals surface area contributed by atoms with Crippen molar-refractivity contribution in [3.05, 3.63) is 36.5 Å². The molecule has 0 saturated heterocycles. The lowest BCUT2D eigenvalue weighted by atomic mass is 10.1. The topological polar surface area (TPSA) is 95.9 Å². The number of amides is 1. The van der Waals surface area contributed by atoms with Gasteiger partial charge in [-0.2, -0.15) is 0 Å². The van der Waals surface area contributed by atoms with Crippen LogP contribution in [0.1, 0.15) is 232 Å². The molecule has 0 heterocycles. The average molecular weight is 760 g/mol. The molecule has 0 spiro atoms. The van der Waals surface area contributed by atoms with Crippen molar-refractivity contribution in [3.63, 3.8) is 0 Å². The Kier molecular flexibility index (Phi) is 42.2. The Morgan fingerprint density at radius 3 is 1.37 bits per heavy atom. The van der Waals surface area contributed by atoms with Gasteiger partial charge in [-0.1, -0.05) is 172 Å². The number of aliphatic hydroxyl groups is 2. The minimum atomic E-state index is -0.860. The molecule has 0 radical (unpaired) electrons. The van der Waals surface area contributed by atoms with Gasteiger partial charge in [0.2, 0.25) is 5.91 Å². The summed E-state index contributed by atoms with van der Waals surface area (Å²) < 4.78 is 5.43. The first kappa shape index (κ1) is 52.1. The van der Waals surface area contributed by atoms with E-state index >= 15 is 0 Å². The van der Waals surface area contributed by atoms with Crippen molar-refractivity contribution in [2.75, 3.05) is 13.2 Å². The van der Waals surface area contributed by atoms with Crippen molar-refractivity contribution in [2.24, 2.45) is 0 Å². The van der Waals surface area contributed by atoms with Crippen LogP contribution in [-0.2, 0) is 14.3 Å². The minimum absolute atomic E-state index is 0.0253. The van der Waals surface area contributed by atoms with Gasteiger partial charge in [0.15, 0.2) is 0 Å². The highest BCUT2D eigenvalue weighted by atomic mass is 16.5. The summed E-state index contributed by atoms with van der Waals surface area (Å²) in [6.45, 7) is 4.80.